The number of aliphatic hydroxyl groups excluding tert-OH is 1. The number of aliphatic hydroxyl groups is 1. The molecule has 2 unspecified atom stereocenters. The van der Waals surface area contributed by atoms with Crippen LogP contribution in [0.4, 0.5) is 0 Å². The lowest BCUT2D eigenvalue weighted by atomic mass is 9.79. The average molecular weight is 301 g/mol. The second-order valence-corrected chi connectivity index (χ2v) is 7.80. The highest BCUT2D eigenvalue weighted by atomic mass is 32.2. The summed E-state index contributed by atoms with van der Waals surface area (Å²) < 4.78 is 23.4. The average Bonchev–Trinajstić information content (AvgIpc) is 2.82. The molecular formula is C16H15NO3S. The lowest BCUT2D eigenvalue weighted by Gasteiger charge is -2.26. The van der Waals surface area contributed by atoms with Gasteiger partial charge in [0.25, 0.3) is 0 Å². The fourth-order valence-corrected chi connectivity index (χ4v) is 4.91. The van der Waals surface area contributed by atoms with Gasteiger partial charge >= 0.3 is 0 Å². The minimum atomic E-state index is -3.24. The minimum Gasteiger partial charge on any atom is -0.387 e. The fourth-order valence-electron chi connectivity index (χ4n) is 2.94. The largest absolute Gasteiger partial charge is 0.387 e. The molecule has 108 valence electrons. The Hall–Kier alpha value is -1.90. The summed E-state index contributed by atoms with van der Waals surface area (Å²) in [5.74, 6) is -0.310. The maximum atomic E-state index is 11.7. The second-order valence-electron chi connectivity index (χ2n) is 5.62. The molecule has 1 fully saturated rings. The van der Waals surface area contributed by atoms with Crippen molar-refractivity contribution in [2.45, 2.75) is 12.5 Å². The van der Waals surface area contributed by atoms with E-state index in [1.54, 1.807) is 6.07 Å². The van der Waals surface area contributed by atoms with Crippen LogP contribution in [0.1, 0.15) is 18.1 Å². The molecule has 0 bridgehead atoms. The quantitative estimate of drug-likeness (QED) is 0.922. The zero-order valence-corrected chi connectivity index (χ0v) is 12.2. The molecule has 0 spiro atoms. The molecule has 0 aromatic heterocycles. The molecule has 2 aromatic rings. The highest BCUT2D eigenvalue weighted by Crippen LogP contribution is 2.43. The van der Waals surface area contributed by atoms with Gasteiger partial charge in [0.2, 0.25) is 0 Å². The molecule has 1 saturated heterocycles. The Kier molecular flexibility index (Phi) is 3.23. The van der Waals surface area contributed by atoms with E-state index in [2.05, 4.69) is 6.07 Å². The van der Waals surface area contributed by atoms with E-state index < -0.39 is 21.4 Å². The fraction of sp³-hybridized carbons (Fsp3) is 0.312. The van der Waals surface area contributed by atoms with E-state index in [0.29, 0.717) is 5.56 Å². The standard InChI is InChI=1S/C16H15NO3S/c17-10-16(7-8-21(19,20)11-16)15(18)14-6-5-12-3-1-2-4-13(12)9-14/h1-6,9,15,18H,7-8,11H2. The summed E-state index contributed by atoms with van der Waals surface area (Å²) in [5.41, 5.74) is -0.645. The van der Waals surface area contributed by atoms with E-state index in [0.717, 1.165) is 10.8 Å². The van der Waals surface area contributed by atoms with Gasteiger partial charge in [-0.1, -0.05) is 36.4 Å². The molecule has 4 nitrogen and oxygen atoms in total. The van der Waals surface area contributed by atoms with Gasteiger partial charge in [0.1, 0.15) is 5.41 Å². The van der Waals surface area contributed by atoms with Crippen LogP contribution in [-0.4, -0.2) is 25.0 Å². The van der Waals surface area contributed by atoms with Crippen LogP contribution in [-0.2, 0) is 9.84 Å². The van der Waals surface area contributed by atoms with Gasteiger partial charge in [-0.15, -0.1) is 0 Å². The third kappa shape index (κ3) is 2.41. The smallest absolute Gasteiger partial charge is 0.152 e. The second kappa shape index (κ2) is 4.83. The van der Waals surface area contributed by atoms with Crippen LogP contribution in [0.25, 0.3) is 10.8 Å². The molecule has 0 aliphatic carbocycles. The van der Waals surface area contributed by atoms with E-state index in [9.17, 15) is 18.8 Å². The van der Waals surface area contributed by atoms with Crippen LogP contribution in [0.15, 0.2) is 42.5 Å². The van der Waals surface area contributed by atoms with Crippen molar-refractivity contribution in [2.24, 2.45) is 5.41 Å². The summed E-state index contributed by atoms with van der Waals surface area (Å²) in [6, 6.07) is 15.2. The Balaban J connectivity index is 2.03. The molecule has 5 heteroatoms. The van der Waals surface area contributed by atoms with Gasteiger partial charge in [-0.2, -0.15) is 5.26 Å². The van der Waals surface area contributed by atoms with Crippen molar-refractivity contribution in [1.82, 2.24) is 0 Å². The van der Waals surface area contributed by atoms with Crippen molar-refractivity contribution in [3.8, 4) is 6.07 Å². The lowest BCUT2D eigenvalue weighted by molar-refractivity contribution is 0.0794. The van der Waals surface area contributed by atoms with Crippen LogP contribution >= 0.6 is 0 Å². The number of nitrogens with zero attached hydrogens (tertiary/aromatic N) is 1. The van der Waals surface area contributed by atoms with Gasteiger partial charge in [0.15, 0.2) is 9.84 Å². The minimum absolute atomic E-state index is 0.0365. The van der Waals surface area contributed by atoms with E-state index in [4.69, 9.17) is 0 Å². The van der Waals surface area contributed by atoms with E-state index >= 15 is 0 Å². The third-order valence-corrected chi connectivity index (χ3v) is 5.95. The number of hydrogen-bond acceptors (Lipinski definition) is 4. The van der Waals surface area contributed by atoms with Crippen LogP contribution in [0.5, 0.6) is 0 Å². The highest BCUT2D eigenvalue weighted by molar-refractivity contribution is 7.91. The zero-order valence-electron chi connectivity index (χ0n) is 11.4. The van der Waals surface area contributed by atoms with Gasteiger partial charge < -0.3 is 5.11 Å². The first-order chi connectivity index (χ1) is 9.96. The van der Waals surface area contributed by atoms with Crippen molar-refractivity contribution < 1.29 is 13.5 Å². The van der Waals surface area contributed by atoms with E-state index in [-0.39, 0.29) is 17.9 Å². The number of rotatable bonds is 2. The summed E-state index contributed by atoms with van der Waals surface area (Å²) in [7, 11) is -3.24. The molecule has 0 amide bonds. The molecule has 1 aliphatic rings. The first kappa shape index (κ1) is 14.1. The number of fused-ring (bicyclic) bond motifs is 1. The molecule has 1 N–H and O–H groups in total. The summed E-state index contributed by atoms with van der Waals surface area (Å²) in [6.45, 7) is 0. The molecule has 2 aromatic carbocycles. The third-order valence-electron chi connectivity index (χ3n) is 4.17. The zero-order chi connectivity index (χ0) is 15.1. The topological polar surface area (TPSA) is 78.2 Å². The van der Waals surface area contributed by atoms with E-state index in [1.807, 2.05) is 36.4 Å². The number of nitriles is 1. The van der Waals surface area contributed by atoms with Crippen molar-refractivity contribution in [3.63, 3.8) is 0 Å². The first-order valence-electron chi connectivity index (χ1n) is 6.74. The van der Waals surface area contributed by atoms with Crippen LogP contribution in [0.2, 0.25) is 0 Å². The van der Waals surface area contributed by atoms with Crippen molar-refractivity contribution in [2.75, 3.05) is 11.5 Å². The van der Waals surface area contributed by atoms with Crippen LogP contribution in [0.3, 0.4) is 0 Å². The molecule has 3 rings (SSSR count). The molecule has 1 heterocycles. The normalized spacial score (nSPS) is 25.5. The molecular weight excluding hydrogens is 286 g/mol. The van der Waals surface area contributed by atoms with Gasteiger partial charge in [-0.3, -0.25) is 0 Å². The lowest BCUT2D eigenvalue weighted by Crippen LogP contribution is -2.28. The van der Waals surface area contributed by atoms with Gasteiger partial charge in [-0.05, 0) is 28.8 Å². The van der Waals surface area contributed by atoms with Gasteiger partial charge in [0, 0.05) is 0 Å². The SMILES string of the molecule is N#CC1(C(O)c2ccc3ccccc3c2)CCS(=O)(=O)C1. The highest BCUT2D eigenvalue weighted by Gasteiger charge is 2.48. The molecule has 1 aliphatic heterocycles. The molecule has 21 heavy (non-hydrogen) atoms. The van der Waals surface area contributed by atoms with Crippen LogP contribution < -0.4 is 0 Å². The Morgan fingerprint density at radius 3 is 2.52 bits per heavy atom. The number of sulfone groups is 1. The summed E-state index contributed by atoms with van der Waals surface area (Å²) in [5, 5.41) is 22.0. The summed E-state index contributed by atoms with van der Waals surface area (Å²) in [6.07, 6.45) is -0.913. The predicted molar refractivity (Wildman–Crippen MR) is 80.2 cm³/mol. The Bertz CT molecular complexity index is 838. The molecule has 0 radical (unpaired) electrons. The number of benzene rings is 2. The molecule has 0 saturated carbocycles. The first-order valence-corrected chi connectivity index (χ1v) is 8.56. The van der Waals surface area contributed by atoms with Crippen molar-refractivity contribution >= 4 is 20.6 Å². The Morgan fingerprint density at radius 1 is 1.19 bits per heavy atom. The summed E-state index contributed by atoms with van der Waals surface area (Å²) in [4.78, 5) is 0. The van der Waals surface area contributed by atoms with Crippen molar-refractivity contribution in [3.05, 3.63) is 48.0 Å². The maximum Gasteiger partial charge on any atom is 0.152 e. The Labute approximate surface area is 123 Å². The van der Waals surface area contributed by atoms with E-state index in [1.165, 1.54) is 0 Å². The van der Waals surface area contributed by atoms with Gasteiger partial charge in [0.05, 0.1) is 23.7 Å². The van der Waals surface area contributed by atoms with Gasteiger partial charge in [-0.25, -0.2) is 8.42 Å². The number of hydrogen-bond donors (Lipinski definition) is 1. The summed E-state index contributed by atoms with van der Waals surface area (Å²) >= 11 is 0. The monoisotopic (exact) mass is 301 g/mol. The maximum absolute atomic E-state index is 11.7. The predicted octanol–water partition coefficient (Wildman–Crippen LogP) is 2.20. The molecule has 2 atom stereocenters. The Morgan fingerprint density at radius 2 is 1.90 bits per heavy atom. The van der Waals surface area contributed by atoms with Crippen molar-refractivity contribution in [1.29, 1.82) is 5.26 Å². The van der Waals surface area contributed by atoms with Crippen LogP contribution in [0, 0.1) is 16.7 Å².